The summed E-state index contributed by atoms with van der Waals surface area (Å²) in [5, 5.41) is 22.7. The minimum Gasteiger partial charge on any atom is -0.267 e. The van der Waals surface area contributed by atoms with Crippen molar-refractivity contribution in [1.82, 2.24) is 10.9 Å². The number of non-ortho nitro benzene ring substituents is 2. The van der Waals surface area contributed by atoms with Gasteiger partial charge in [0, 0.05) is 22.2 Å². The predicted molar refractivity (Wildman–Crippen MR) is 102 cm³/mol. The summed E-state index contributed by atoms with van der Waals surface area (Å²) in [5.41, 5.74) is 2.60. The van der Waals surface area contributed by atoms with Crippen molar-refractivity contribution >= 4 is 56.2 Å². The zero-order valence-electron chi connectivity index (χ0n) is 13.7. The van der Waals surface area contributed by atoms with Crippen LogP contribution in [0, 0.1) is 20.2 Å². The summed E-state index contributed by atoms with van der Waals surface area (Å²) in [5.74, 6) is -1.66. The average Bonchev–Trinajstić information content (AvgIpc) is 3.02. The fraction of sp³-hybridized carbons (Fsp3) is 0. The van der Waals surface area contributed by atoms with Crippen molar-refractivity contribution in [2.24, 2.45) is 0 Å². The lowest BCUT2D eigenvalue weighted by Crippen LogP contribution is -2.41. The summed E-state index contributed by atoms with van der Waals surface area (Å²) in [6, 6.07) is 9.52. The molecule has 0 aliphatic carbocycles. The molecule has 3 rings (SSSR count). The van der Waals surface area contributed by atoms with Crippen molar-refractivity contribution in [3.63, 3.8) is 0 Å². The van der Waals surface area contributed by atoms with Crippen LogP contribution in [-0.2, 0) is 0 Å². The Labute approximate surface area is 165 Å². The highest BCUT2D eigenvalue weighted by Gasteiger charge is 2.21. The second-order valence-electron chi connectivity index (χ2n) is 5.40. The standard InChI is InChI=1S/C16H9ClN4O6S/c17-13-11-3-1-2-4-12(11)28-14(13)16(23)19-18-15(22)8-5-9(20(24)25)7-10(6-8)21(26)27/h1-7H,(H,18,22)(H,19,23). The molecule has 0 saturated heterocycles. The third-order valence-corrected chi connectivity index (χ3v) is 5.29. The maximum Gasteiger partial charge on any atom is 0.281 e. The number of nitro benzene ring substituents is 2. The van der Waals surface area contributed by atoms with E-state index in [9.17, 15) is 29.8 Å². The number of benzene rings is 2. The highest BCUT2D eigenvalue weighted by atomic mass is 35.5. The van der Waals surface area contributed by atoms with Crippen LogP contribution in [0.4, 0.5) is 11.4 Å². The van der Waals surface area contributed by atoms with Gasteiger partial charge in [0.25, 0.3) is 23.2 Å². The second-order valence-corrected chi connectivity index (χ2v) is 6.83. The Bertz CT molecular complexity index is 1110. The van der Waals surface area contributed by atoms with Gasteiger partial charge in [0.1, 0.15) is 4.88 Å². The fourth-order valence-electron chi connectivity index (χ4n) is 2.34. The lowest BCUT2D eigenvalue weighted by atomic mass is 10.1. The summed E-state index contributed by atoms with van der Waals surface area (Å²) in [7, 11) is 0. The second kappa shape index (κ2) is 7.58. The Balaban J connectivity index is 1.79. The summed E-state index contributed by atoms with van der Waals surface area (Å²) < 4.78 is 0.776. The van der Waals surface area contributed by atoms with Crippen LogP contribution in [0.5, 0.6) is 0 Å². The molecule has 12 heteroatoms. The van der Waals surface area contributed by atoms with Gasteiger partial charge in [0.05, 0.1) is 26.5 Å². The molecule has 2 aromatic carbocycles. The fourth-order valence-corrected chi connectivity index (χ4v) is 3.75. The Hall–Kier alpha value is -3.57. The highest BCUT2D eigenvalue weighted by Crippen LogP contribution is 2.34. The largest absolute Gasteiger partial charge is 0.281 e. The van der Waals surface area contributed by atoms with E-state index in [1.54, 1.807) is 24.3 Å². The summed E-state index contributed by atoms with van der Waals surface area (Å²) in [6.45, 7) is 0. The van der Waals surface area contributed by atoms with Gasteiger partial charge in [0.15, 0.2) is 0 Å². The Morgan fingerprint density at radius 2 is 1.50 bits per heavy atom. The van der Waals surface area contributed by atoms with Crippen molar-refractivity contribution in [1.29, 1.82) is 0 Å². The number of nitrogens with zero attached hydrogens (tertiary/aromatic N) is 2. The molecule has 0 saturated carbocycles. The van der Waals surface area contributed by atoms with Gasteiger partial charge in [-0.05, 0) is 6.07 Å². The lowest BCUT2D eigenvalue weighted by Gasteiger charge is -2.06. The van der Waals surface area contributed by atoms with Crippen LogP contribution >= 0.6 is 22.9 Å². The number of fused-ring (bicyclic) bond motifs is 1. The molecule has 2 amide bonds. The van der Waals surface area contributed by atoms with E-state index in [1.165, 1.54) is 0 Å². The monoisotopic (exact) mass is 420 g/mol. The van der Waals surface area contributed by atoms with E-state index in [0.717, 1.165) is 34.2 Å². The summed E-state index contributed by atoms with van der Waals surface area (Å²) in [6.07, 6.45) is 0. The number of rotatable bonds is 4. The number of hydrogen-bond acceptors (Lipinski definition) is 7. The molecular formula is C16H9ClN4O6S. The number of hydrogen-bond donors (Lipinski definition) is 2. The van der Waals surface area contributed by atoms with E-state index in [4.69, 9.17) is 11.6 Å². The Kier molecular flexibility index (Phi) is 5.20. The van der Waals surface area contributed by atoms with Gasteiger partial charge in [-0.25, -0.2) is 0 Å². The average molecular weight is 421 g/mol. The van der Waals surface area contributed by atoms with E-state index in [-0.39, 0.29) is 15.5 Å². The van der Waals surface area contributed by atoms with Crippen molar-refractivity contribution in [2.75, 3.05) is 0 Å². The van der Waals surface area contributed by atoms with Gasteiger partial charge in [-0.2, -0.15) is 0 Å². The molecule has 0 atom stereocenters. The molecule has 142 valence electrons. The molecule has 3 aromatic rings. The van der Waals surface area contributed by atoms with Crippen LogP contribution in [0.25, 0.3) is 10.1 Å². The van der Waals surface area contributed by atoms with E-state index in [2.05, 4.69) is 10.9 Å². The molecule has 1 heterocycles. The van der Waals surface area contributed by atoms with Crippen molar-refractivity contribution in [3.05, 3.63) is 78.2 Å². The summed E-state index contributed by atoms with van der Waals surface area (Å²) >= 11 is 7.30. The first-order valence-electron chi connectivity index (χ1n) is 7.49. The number of thiophene rings is 1. The number of amides is 2. The smallest absolute Gasteiger partial charge is 0.267 e. The van der Waals surface area contributed by atoms with Crippen molar-refractivity contribution < 1.29 is 19.4 Å². The van der Waals surface area contributed by atoms with Crippen LogP contribution in [0.1, 0.15) is 20.0 Å². The predicted octanol–water partition coefficient (Wildman–Crippen LogP) is 3.45. The Morgan fingerprint density at radius 3 is 2.07 bits per heavy atom. The topological polar surface area (TPSA) is 144 Å². The zero-order chi connectivity index (χ0) is 20.4. The minimum absolute atomic E-state index is 0.160. The van der Waals surface area contributed by atoms with Gasteiger partial charge in [-0.3, -0.25) is 40.7 Å². The Morgan fingerprint density at radius 1 is 0.929 bits per heavy atom. The van der Waals surface area contributed by atoms with Gasteiger partial charge in [0.2, 0.25) is 0 Å². The number of halogens is 1. The molecule has 0 aliphatic rings. The molecule has 10 nitrogen and oxygen atoms in total. The van der Waals surface area contributed by atoms with E-state index in [0.29, 0.717) is 5.39 Å². The van der Waals surface area contributed by atoms with Crippen LogP contribution in [0.3, 0.4) is 0 Å². The first kappa shape index (κ1) is 19.2. The van der Waals surface area contributed by atoms with Gasteiger partial charge < -0.3 is 0 Å². The van der Waals surface area contributed by atoms with E-state index >= 15 is 0 Å². The van der Waals surface area contributed by atoms with Crippen LogP contribution in [0.15, 0.2) is 42.5 Å². The maximum atomic E-state index is 12.3. The third kappa shape index (κ3) is 3.75. The van der Waals surface area contributed by atoms with Gasteiger partial charge in [-0.1, -0.05) is 29.8 Å². The van der Waals surface area contributed by atoms with Crippen molar-refractivity contribution in [2.45, 2.75) is 0 Å². The zero-order valence-corrected chi connectivity index (χ0v) is 15.2. The molecule has 0 unspecified atom stereocenters. The van der Waals surface area contributed by atoms with E-state index in [1.807, 2.05) is 0 Å². The molecule has 0 spiro atoms. The minimum atomic E-state index is -0.961. The SMILES string of the molecule is O=C(NNC(=O)c1sc2ccccc2c1Cl)c1cc([N+](=O)[O-])cc([N+](=O)[O-])c1. The number of carbonyl (C=O) groups excluding carboxylic acids is 2. The normalized spacial score (nSPS) is 10.5. The number of carbonyl (C=O) groups is 2. The molecule has 0 radical (unpaired) electrons. The maximum absolute atomic E-state index is 12.3. The van der Waals surface area contributed by atoms with Crippen molar-refractivity contribution in [3.8, 4) is 0 Å². The molecule has 0 fully saturated rings. The molecule has 0 bridgehead atoms. The number of hydrazine groups is 1. The molecule has 1 aromatic heterocycles. The highest BCUT2D eigenvalue weighted by molar-refractivity contribution is 7.21. The quantitative estimate of drug-likeness (QED) is 0.488. The summed E-state index contributed by atoms with van der Waals surface area (Å²) in [4.78, 5) is 44.7. The first-order valence-corrected chi connectivity index (χ1v) is 8.69. The third-order valence-electron chi connectivity index (χ3n) is 3.62. The molecular weight excluding hydrogens is 412 g/mol. The molecule has 2 N–H and O–H groups in total. The molecule has 0 aliphatic heterocycles. The first-order chi connectivity index (χ1) is 13.3. The van der Waals surface area contributed by atoms with Crippen LogP contribution < -0.4 is 10.9 Å². The number of nitro groups is 2. The van der Waals surface area contributed by atoms with E-state index < -0.39 is 33.0 Å². The van der Waals surface area contributed by atoms with Gasteiger partial charge in [-0.15, -0.1) is 11.3 Å². The lowest BCUT2D eigenvalue weighted by molar-refractivity contribution is -0.394. The van der Waals surface area contributed by atoms with Crippen LogP contribution in [0.2, 0.25) is 5.02 Å². The molecule has 28 heavy (non-hydrogen) atoms. The van der Waals surface area contributed by atoms with Gasteiger partial charge >= 0.3 is 0 Å². The number of nitrogens with one attached hydrogen (secondary N) is 2. The van der Waals surface area contributed by atoms with Crippen LogP contribution in [-0.4, -0.2) is 21.7 Å².